The van der Waals surface area contributed by atoms with Gasteiger partial charge in [0.15, 0.2) is 0 Å². The molecule has 1 heterocycles. The molecule has 0 aliphatic rings. The lowest BCUT2D eigenvalue weighted by Crippen LogP contribution is -2.32. The van der Waals surface area contributed by atoms with Gasteiger partial charge < -0.3 is 16.0 Å². The second-order valence-corrected chi connectivity index (χ2v) is 8.20. The van der Waals surface area contributed by atoms with Crippen molar-refractivity contribution in [1.29, 1.82) is 0 Å². The van der Waals surface area contributed by atoms with Gasteiger partial charge in [0.05, 0.1) is 0 Å². The summed E-state index contributed by atoms with van der Waals surface area (Å²) < 4.78 is 0. The summed E-state index contributed by atoms with van der Waals surface area (Å²) in [4.78, 5) is 28.6. The van der Waals surface area contributed by atoms with E-state index < -0.39 is 0 Å². The first-order valence-corrected chi connectivity index (χ1v) is 9.78. The van der Waals surface area contributed by atoms with Crippen LogP contribution in [-0.4, -0.2) is 23.3 Å². The van der Waals surface area contributed by atoms with E-state index in [1.54, 1.807) is 30.5 Å². The van der Waals surface area contributed by atoms with Gasteiger partial charge in [0.2, 0.25) is 0 Å². The number of amides is 2. The molecule has 154 valence electrons. The van der Waals surface area contributed by atoms with Crippen molar-refractivity contribution in [2.45, 2.75) is 20.8 Å². The molecule has 0 radical (unpaired) electrons. The molecule has 0 unspecified atom stereocenters. The first-order valence-electron chi connectivity index (χ1n) is 9.78. The molecule has 30 heavy (non-hydrogen) atoms. The molecule has 1 aromatic heterocycles. The lowest BCUT2D eigenvalue weighted by Gasteiger charge is -2.18. The Morgan fingerprint density at radius 2 is 1.57 bits per heavy atom. The van der Waals surface area contributed by atoms with Crippen molar-refractivity contribution >= 4 is 28.9 Å². The van der Waals surface area contributed by atoms with Crippen LogP contribution < -0.4 is 16.0 Å². The van der Waals surface area contributed by atoms with Crippen LogP contribution >= 0.6 is 0 Å². The zero-order valence-corrected chi connectivity index (χ0v) is 17.4. The molecular formula is C24H26N4O2. The Labute approximate surface area is 176 Å². The second-order valence-electron chi connectivity index (χ2n) is 8.20. The molecule has 3 rings (SSSR count). The number of carbonyl (C=O) groups excluding carboxylic acids is 2. The Morgan fingerprint density at radius 3 is 2.23 bits per heavy atom. The minimum Gasteiger partial charge on any atom is -0.356 e. The van der Waals surface area contributed by atoms with Crippen LogP contribution in [0.4, 0.5) is 17.1 Å². The fourth-order valence-corrected chi connectivity index (χ4v) is 2.68. The maximum atomic E-state index is 12.4. The van der Waals surface area contributed by atoms with Crippen molar-refractivity contribution < 1.29 is 9.59 Å². The number of hydrogen-bond donors (Lipinski definition) is 3. The molecule has 6 nitrogen and oxygen atoms in total. The summed E-state index contributed by atoms with van der Waals surface area (Å²) in [6, 6.07) is 19.9. The normalized spacial score (nSPS) is 10.9. The summed E-state index contributed by atoms with van der Waals surface area (Å²) in [5.74, 6) is -0.355. The van der Waals surface area contributed by atoms with E-state index in [-0.39, 0.29) is 17.2 Å². The third-order valence-electron chi connectivity index (χ3n) is 4.23. The summed E-state index contributed by atoms with van der Waals surface area (Å²) in [6.07, 6.45) is 1.58. The van der Waals surface area contributed by atoms with Gasteiger partial charge in [-0.25, -0.2) is 0 Å². The quantitative estimate of drug-likeness (QED) is 0.550. The van der Waals surface area contributed by atoms with E-state index in [1.165, 1.54) is 0 Å². The standard InChI is InChI=1S/C24H26N4O2/c1-24(2,3)16-26-22(29)17-7-6-8-20(15-17)27-18-10-12-19(13-11-18)28-23(30)21-9-4-5-14-25-21/h4-15,27H,16H2,1-3H3,(H,26,29)(H,28,30). The molecule has 0 atom stereocenters. The molecule has 3 aromatic rings. The average Bonchev–Trinajstić information content (AvgIpc) is 2.74. The number of hydrogen-bond acceptors (Lipinski definition) is 4. The van der Waals surface area contributed by atoms with Gasteiger partial charge in [-0.2, -0.15) is 0 Å². The highest BCUT2D eigenvalue weighted by Crippen LogP contribution is 2.20. The van der Waals surface area contributed by atoms with Gasteiger partial charge in [0.1, 0.15) is 5.69 Å². The monoisotopic (exact) mass is 402 g/mol. The smallest absolute Gasteiger partial charge is 0.274 e. The maximum Gasteiger partial charge on any atom is 0.274 e. The number of aromatic nitrogens is 1. The fourth-order valence-electron chi connectivity index (χ4n) is 2.68. The molecule has 0 aliphatic carbocycles. The molecule has 0 aliphatic heterocycles. The Bertz CT molecular complexity index is 1010. The lowest BCUT2D eigenvalue weighted by atomic mass is 9.97. The molecular weight excluding hydrogens is 376 g/mol. The minimum absolute atomic E-state index is 0.0270. The van der Waals surface area contributed by atoms with Crippen LogP contribution in [0.15, 0.2) is 72.9 Å². The predicted molar refractivity (Wildman–Crippen MR) is 120 cm³/mol. The number of rotatable bonds is 6. The number of pyridine rings is 1. The van der Waals surface area contributed by atoms with E-state index in [4.69, 9.17) is 0 Å². The molecule has 0 bridgehead atoms. The van der Waals surface area contributed by atoms with Gasteiger partial charge >= 0.3 is 0 Å². The van der Waals surface area contributed by atoms with Crippen molar-refractivity contribution in [2.75, 3.05) is 17.2 Å². The Hall–Kier alpha value is -3.67. The lowest BCUT2D eigenvalue weighted by molar-refractivity contribution is 0.0938. The third-order valence-corrected chi connectivity index (χ3v) is 4.23. The molecule has 0 fully saturated rings. The first kappa shape index (κ1) is 21.0. The van der Waals surface area contributed by atoms with E-state index >= 15 is 0 Å². The SMILES string of the molecule is CC(C)(C)CNC(=O)c1cccc(Nc2ccc(NC(=O)c3ccccn3)cc2)c1. The molecule has 0 saturated heterocycles. The van der Waals surface area contributed by atoms with Gasteiger partial charge in [-0.05, 0) is 60.0 Å². The van der Waals surface area contributed by atoms with E-state index in [0.717, 1.165) is 11.4 Å². The van der Waals surface area contributed by atoms with Crippen molar-refractivity contribution in [3.8, 4) is 0 Å². The van der Waals surface area contributed by atoms with E-state index in [9.17, 15) is 9.59 Å². The summed E-state index contributed by atoms with van der Waals surface area (Å²) in [6.45, 7) is 6.84. The molecule has 0 saturated carbocycles. The highest BCUT2D eigenvalue weighted by molar-refractivity contribution is 6.02. The zero-order valence-electron chi connectivity index (χ0n) is 17.4. The van der Waals surface area contributed by atoms with E-state index in [0.29, 0.717) is 23.5 Å². The first-order chi connectivity index (χ1) is 14.3. The summed E-state index contributed by atoms with van der Waals surface area (Å²) >= 11 is 0. The maximum absolute atomic E-state index is 12.4. The van der Waals surface area contributed by atoms with Crippen LogP contribution in [0.3, 0.4) is 0 Å². The zero-order chi connectivity index (χ0) is 21.6. The van der Waals surface area contributed by atoms with Crippen LogP contribution in [0.5, 0.6) is 0 Å². The fraction of sp³-hybridized carbons (Fsp3) is 0.208. The Kier molecular flexibility index (Phi) is 6.47. The number of anilines is 3. The van der Waals surface area contributed by atoms with Gasteiger partial charge in [-0.15, -0.1) is 0 Å². The molecule has 0 spiro atoms. The van der Waals surface area contributed by atoms with Gasteiger partial charge in [-0.3, -0.25) is 14.6 Å². The topological polar surface area (TPSA) is 83.1 Å². The van der Waals surface area contributed by atoms with Crippen LogP contribution in [0.25, 0.3) is 0 Å². The van der Waals surface area contributed by atoms with Crippen molar-refractivity contribution in [3.05, 3.63) is 84.2 Å². The number of nitrogens with one attached hydrogen (secondary N) is 3. The highest BCUT2D eigenvalue weighted by Gasteiger charge is 2.13. The summed E-state index contributed by atoms with van der Waals surface area (Å²) in [7, 11) is 0. The van der Waals surface area contributed by atoms with Crippen molar-refractivity contribution in [3.63, 3.8) is 0 Å². The number of benzene rings is 2. The van der Waals surface area contributed by atoms with Crippen LogP contribution in [0, 0.1) is 5.41 Å². The average molecular weight is 402 g/mol. The van der Waals surface area contributed by atoms with Crippen molar-refractivity contribution in [2.24, 2.45) is 5.41 Å². The van der Waals surface area contributed by atoms with E-state index in [1.807, 2.05) is 42.5 Å². The highest BCUT2D eigenvalue weighted by atomic mass is 16.2. The molecule has 2 aromatic carbocycles. The van der Waals surface area contributed by atoms with E-state index in [2.05, 4.69) is 41.7 Å². The molecule has 2 amide bonds. The van der Waals surface area contributed by atoms with Gasteiger partial charge in [0.25, 0.3) is 11.8 Å². The molecule has 6 heteroatoms. The van der Waals surface area contributed by atoms with Crippen LogP contribution in [0.2, 0.25) is 0 Å². The number of nitrogens with zero attached hydrogens (tertiary/aromatic N) is 1. The van der Waals surface area contributed by atoms with Gasteiger partial charge in [-0.1, -0.05) is 32.9 Å². The predicted octanol–water partition coefficient (Wildman–Crippen LogP) is 4.85. The summed E-state index contributed by atoms with van der Waals surface area (Å²) in [5, 5.41) is 9.05. The Balaban J connectivity index is 1.61. The third kappa shape index (κ3) is 6.17. The Morgan fingerprint density at radius 1 is 0.833 bits per heavy atom. The minimum atomic E-state index is -0.259. The second kappa shape index (κ2) is 9.22. The van der Waals surface area contributed by atoms with Crippen LogP contribution in [0.1, 0.15) is 41.6 Å². The van der Waals surface area contributed by atoms with Crippen molar-refractivity contribution in [1.82, 2.24) is 10.3 Å². The largest absolute Gasteiger partial charge is 0.356 e. The number of carbonyl (C=O) groups is 2. The van der Waals surface area contributed by atoms with Crippen LogP contribution in [-0.2, 0) is 0 Å². The molecule has 3 N–H and O–H groups in total. The summed E-state index contributed by atoms with van der Waals surface area (Å²) in [5.41, 5.74) is 3.32. The van der Waals surface area contributed by atoms with Gasteiger partial charge in [0, 0.05) is 35.4 Å².